The molecule has 6 nitrogen and oxygen atoms in total. The van der Waals surface area contributed by atoms with Crippen molar-refractivity contribution in [2.45, 2.75) is 18.6 Å². The largest absolute Gasteiger partial charge is 0.465 e. The van der Waals surface area contributed by atoms with Crippen LogP contribution in [0.3, 0.4) is 0 Å². The number of carbonyl (C=O) groups is 1. The van der Waals surface area contributed by atoms with Crippen molar-refractivity contribution in [1.29, 1.82) is 5.26 Å². The van der Waals surface area contributed by atoms with Crippen molar-refractivity contribution in [1.82, 2.24) is 5.32 Å². The molecule has 2 rings (SSSR count). The zero-order valence-corrected chi connectivity index (χ0v) is 11.8. The lowest BCUT2D eigenvalue weighted by Gasteiger charge is -2.36. The van der Waals surface area contributed by atoms with Gasteiger partial charge in [-0.05, 0) is 18.6 Å². The minimum Gasteiger partial charge on any atom is -0.465 e. The van der Waals surface area contributed by atoms with Crippen molar-refractivity contribution >= 4 is 29.1 Å². The highest BCUT2D eigenvalue weighted by Crippen LogP contribution is 2.34. The van der Waals surface area contributed by atoms with Crippen LogP contribution in [0.4, 0.5) is 20.6 Å². The van der Waals surface area contributed by atoms with Gasteiger partial charge in [0.2, 0.25) is 0 Å². The molecule has 0 radical (unpaired) electrons. The Labute approximate surface area is 125 Å². The molecule has 0 saturated carbocycles. The van der Waals surface area contributed by atoms with Crippen LogP contribution < -0.4 is 16.0 Å². The molecule has 4 N–H and O–H groups in total. The number of alkyl halides is 1. The summed E-state index contributed by atoms with van der Waals surface area (Å²) < 4.78 is 14.1. The molecule has 8 heteroatoms. The fourth-order valence-corrected chi connectivity index (χ4v) is 2.60. The third kappa shape index (κ3) is 3.28. The number of hydrogen-bond acceptors (Lipinski definition) is 4. The molecular formula is C13H14ClFN4O2. The Hall–Kier alpha value is -2.20. The molecule has 1 amide bonds. The average molecular weight is 313 g/mol. The number of rotatable bonds is 2. The third-order valence-electron chi connectivity index (χ3n) is 3.40. The Morgan fingerprint density at radius 1 is 1.62 bits per heavy atom. The number of anilines is 2. The number of carboxylic acid groups (broad SMARTS) is 1. The van der Waals surface area contributed by atoms with E-state index >= 15 is 0 Å². The second-order valence-electron chi connectivity index (χ2n) is 4.82. The Kier molecular flexibility index (Phi) is 4.38. The average Bonchev–Trinajstić information content (AvgIpc) is 2.43. The van der Waals surface area contributed by atoms with Crippen LogP contribution >= 0.6 is 11.6 Å². The number of nitrogens with one attached hydrogen (secondary N) is 1. The standard InChI is InChI=1S/C13H14ClFN4O2/c14-12-9(17)3-7(5-16)4-11(12)19-2-1-10(8(15)6-19)18-13(20)21/h3-4,8,10,18H,1-2,6,17H2,(H,20,21). The smallest absolute Gasteiger partial charge is 0.404 e. The summed E-state index contributed by atoms with van der Waals surface area (Å²) in [5, 5.41) is 20.0. The molecule has 0 aliphatic carbocycles. The lowest BCUT2D eigenvalue weighted by atomic mass is 10.0. The normalized spacial score (nSPS) is 21.7. The maximum Gasteiger partial charge on any atom is 0.404 e. The van der Waals surface area contributed by atoms with Gasteiger partial charge in [0, 0.05) is 6.54 Å². The first-order valence-electron chi connectivity index (χ1n) is 6.30. The summed E-state index contributed by atoms with van der Waals surface area (Å²) in [6.45, 7) is 0.401. The molecule has 1 aliphatic heterocycles. The first-order valence-corrected chi connectivity index (χ1v) is 6.67. The first-order chi connectivity index (χ1) is 9.92. The van der Waals surface area contributed by atoms with Gasteiger partial charge in [0.1, 0.15) is 6.17 Å². The molecule has 1 aromatic rings. The molecule has 1 heterocycles. The number of halogens is 2. The van der Waals surface area contributed by atoms with Gasteiger partial charge in [-0.25, -0.2) is 9.18 Å². The van der Waals surface area contributed by atoms with Crippen LogP contribution in [0.2, 0.25) is 5.02 Å². The van der Waals surface area contributed by atoms with Crippen LogP contribution in [-0.4, -0.2) is 36.5 Å². The Morgan fingerprint density at radius 3 is 2.90 bits per heavy atom. The van der Waals surface area contributed by atoms with Gasteiger partial charge < -0.3 is 21.1 Å². The number of hydrogen-bond donors (Lipinski definition) is 3. The number of benzene rings is 1. The van der Waals surface area contributed by atoms with E-state index in [1.165, 1.54) is 6.07 Å². The molecule has 1 fully saturated rings. The molecule has 0 spiro atoms. The van der Waals surface area contributed by atoms with Gasteiger partial charge in [0.25, 0.3) is 0 Å². The number of piperidine rings is 1. The molecule has 0 bridgehead atoms. The predicted molar refractivity (Wildman–Crippen MR) is 77.3 cm³/mol. The van der Waals surface area contributed by atoms with Crippen molar-refractivity contribution in [3.05, 3.63) is 22.7 Å². The van der Waals surface area contributed by atoms with Gasteiger partial charge in [0.15, 0.2) is 0 Å². The molecular weight excluding hydrogens is 299 g/mol. The Morgan fingerprint density at radius 2 is 2.33 bits per heavy atom. The topological polar surface area (TPSA) is 102 Å². The summed E-state index contributed by atoms with van der Waals surface area (Å²) in [6.07, 6.45) is -2.30. The number of amides is 1. The summed E-state index contributed by atoms with van der Waals surface area (Å²) in [7, 11) is 0. The molecule has 21 heavy (non-hydrogen) atoms. The number of nitrogens with two attached hydrogens (primary N) is 1. The van der Waals surface area contributed by atoms with E-state index in [-0.39, 0.29) is 17.3 Å². The second-order valence-corrected chi connectivity index (χ2v) is 5.20. The van der Waals surface area contributed by atoms with E-state index in [4.69, 9.17) is 27.7 Å². The van der Waals surface area contributed by atoms with E-state index in [1.54, 1.807) is 11.0 Å². The monoisotopic (exact) mass is 312 g/mol. The Balaban J connectivity index is 2.20. The maximum absolute atomic E-state index is 14.1. The summed E-state index contributed by atoms with van der Waals surface area (Å²) in [6, 6.07) is 4.24. The molecule has 1 aliphatic rings. The highest BCUT2D eigenvalue weighted by atomic mass is 35.5. The van der Waals surface area contributed by atoms with Crippen molar-refractivity contribution in [3.63, 3.8) is 0 Å². The highest BCUT2D eigenvalue weighted by molar-refractivity contribution is 6.35. The van der Waals surface area contributed by atoms with Crippen molar-refractivity contribution in [2.75, 3.05) is 23.7 Å². The Bertz CT molecular complexity index is 605. The van der Waals surface area contributed by atoms with Gasteiger partial charge in [0.05, 0.1) is 40.6 Å². The lowest BCUT2D eigenvalue weighted by molar-refractivity contribution is 0.168. The van der Waals surface area contributed by atoms with Crippen LogP contribution in [0.15, 0.2) is 12.1 Å². The van der Waals surface area contributed by atoms with Crippen LogP contribution in [0.5, 0.6) is 0 Å². The van der Waals surface area contributed by atoms with E-state index < -0.39 is 18.3 Å². The SMILES string of the molecule is N#Cc1cc(N)c(Cl)c(N2CCC(NC(=O)O)C(F)C2)c1. The lowest BCUT2D eigenvalue weighted by Crippen LogP contribution is -2.52. The first kappa shape index (κ1) is 15.2. The van der Waals surface area contributed by atoms with Gasteiger partial charge in [-0.15, -0.1) is 0 Å². The molecule has 1 saturated heterocycles. The van der Waals surface area contributed by atoms with E-state index in [9.17, 15) is 9.18 Å². The van der Waals surface area contributed by atoms with E-state index in [2.05, 4.69) is 5.32 Å². The molecule has 112 valence electrons. The number of nitriles is 1. The van der Waals surface area contributed by atoms with Crippen LogP contribution in [-0.2, 0) is 0 Å². The van der Waals surface area contributed by atoms with E-state index in [0.717, 1.165) is 0 Å². The van der Waals surface area contributed by atoms with Crippen molar-refractivity contribution in [3.8, 4) is 6.07 Å². The van der Waals surface area contributed by atoms with Gasteiger partial charge >= 0.3 is 6.09 Å². The highest BCUT2D eigenvalue weighted by Gasteiger charge is 2.31. The number of nitrogens with zero attached hydrogens (tertiary/aromatic N) is 2. The zero-order chi connectivity index (χ0) is 15.6. The quantitative estimate of drug-likeness (QED) is 0.725. The van der Waals surface area contributed by atoms with Crippen LogP contribution in [0, 0.1) is 11.3 Å². The third-order valence-corrected chi connectivity index (χ3v) is 3.81. The maximum atomic E-state index is 14.1. The number of nitrogen functional groups attached to an aromatic ring is 1. The van der Waals surface area contributed by atoms with Crippen molar-refractivity contribution < 1.29 is 14.3 Å². The summed E-state index contributed by atoms with van der Waals surface area (Å²) in [5.74, 6) is 0. The molecule has 1 aromatic carbocycles. The van der Waals surface area contributed by atoms with Crippen LogP contribution in [0.25, 0.3) is 0 Å². The predicted octanol–water partition coefficient (Wildman–Crippen LogP) is 1.98. The second kappa shape index (κ2) is 6.06. The van der Waals surface area contributed by atoms with E-state index in [1.807, 2.05) is 6.07 Å². The fraction of sp³-hybridized carbons (Fsp3) is 0.385. The minimum absolute atomic E-state index is 0.0149. The fourth-order valence-electron chi connectivity index (χ4n) is 2.37. The van der Waals surface area contributed by atoms with Gasteiger partial charge in [-0.3, -0.25) is 0 Å². The van der Waals surface area contributed by atoms with Gasteiger partial charge in [-0.2, -0.15) is 5.26 Å². The van der Waals surface area contributed by atoms with E-state index in [0.29, 0.717) is 24.2 Å². The minimum atomic E-state index is -1.36. The summed E-state index contributed by atoms with van der Waals surface area (Å²) >= 11 is 6.12. The molecule has 2 atom stereocenters. The zero-order valence-electron chi connectivity index (χ0n) is 11.0. The van der Waals surface area contributed by atoms with Gasteiger partial charge in [-0.1, -0.05) is 11.6 Å². The van der Waals surface area contributed by atoms with Crippen molar-refractivity contribution in [2.24, 2.45) is 0 Å². The molecule has 2 unspecified atom stereocenters. The summed E-state index contributed by atoms with van der Waals surface area (Å²) in [5.41, 5.74) is 6.83. The molecule has 0 aromatic heterocycles. The summed E-state index contributed by atoms with van der Waals surface area (Å²) in [4.78, 5) is 12.3. The van der Waals surface area contributed by atoms with Crippen LogP contribution in [0.1, 0.15) is 12.0 Å².